The fourth-order valence-electron chi connectivity index (χ4n) is 4.71. The number of rotatable bonds is 13. The van der Waals surface area contributed by atoms with E-state index in [0.29, 0.717) is 10.8 Å². The molecule has 0 spiro atoms. The van der Waals surface area contributed by atoms with Gasteiger partial charge in [0.25, 0.3) is 0 Å². The minimum absolute atomic E-state index is 0.0751. The number of aliphatic hydroxyl groups excluding tert-OH is 6. The summed E-state index contributed by atoms with van der Waals surface area (Å²) in [6.07, 6.45) is -14.3. The molecule has 15 nitrogen and oxygen atoms in total. The Balaban J connectivity index is 1.72. The molecule has 1 heterocycles. The molecule has 0 aromatic heterocycles. The van der Waals surface area contributed by atoms with Crippen molar-refractivity contribution < 1.29 is 54.3 Å². The van der Waals surface area contributed by atoms with Crippen LogP contribution in [0.5, 0.6) is 5.75 Å². The van der Waals surface area contributed by atoms with Crippen LogP contribution in [-0.4, -0.2) is 136 Å². The van der Waals surface area contributed by atoms with Crippen LogP contribution in [-0.2, 0) is 18.9 Å². The summed E-state index contributed by atoms with van der Waals surface area (Å²) in [6, 6.07) is 3.61. The molecule has 1 saturated heterocycles. The van der Waals surface area contributed by atoms with Gasteiger partial charge in [-0.3, -0.25) is 0 Å². The second kappa shape index (κ2) is 15.5. The molecule has 0 amide bonds. The van der Waals surface area contributed by atoms with E-state index in [-0.39, 0.29) is 19.6 Å². The van der Waals surface area contributed by atoms with E-state index >= 15 is 0 Å². The number of hydrogen-bond acceptors (Lipinski definition) is 15. The Kier molecular flexibility index (Phi) is 12.9. The quantitative estimate of drug-likeness (QED) is 0.0955. The molecule has 11 unspecified atom stereocenters. The van der Waals surface area contributed by atoms with Gasteiger partial charge in [0.05, 0.1) is 24.9 Å². The lowest BCUT2D eigenvalue weighted by atomic mass is 9.84. The third-order valence-corrected chi connectivity index (χ3v) is 7.46. The van der Waals surface area contributed by atoms with Crippen LogP contribution in [0.3, 0.4) is 0 Å². The zero-order chi connectivity index (χ0) is 30.4. The molecule has 3 rings (SSSR count). The van der Waals surface area contributed by atoms with Crippen LogP contribution < -0.4 is 27.7 Å². The van der Waals surface area contributed by atoms with E-state index in [2.05, 4.69) is 0 Å². The Hall–Kier alpha value is -1.25. The lowest BCUT2D eigenvalue weighted by Crippen LogP contribution is -2.68. The van der Waals surface area contributed by atoms with Crippen LogP contribution in [0.25, 0.3) is 0 Å². The summed E-state index contributed by atoms with van der Waals surface area (Å²) in [7, 11) is 0. The van der Waals surface area contributed by atoms with Crippen molar-refractivity contribution in [1.29, 1.82) is 0 Å². The Bertz CT molecular complexity index is 922. The average Bonchev–Trinajstić information content (AvgIpc) is 2.94. The Morgan fingerprint density at radius 2 is 1.63 bits per heavy atom. The first kappa shape index (κ1) is 34.2. The van der Waals surface area contributed by atoms with Crippen molar-refractivity contribution in [3.8, 4) is 5.75 Å². The van der Waals surface area contributed by atoms with Crippen LogP contribution in [0.4, 0.5) is 0 Å². The normalized spacial score (nSPS) is 37.3. The number of aliphatic hydroxyl groups is 6. The summed E-state index contributed by atoms with van der Waals surface area (Å²) < 4.78 is 28.7. The predicted molar refractivity (Wildman–Crippen MR) is 144 cm³/mol. The van der Waals surface area contributed by atoms with Gasteiger partial charge in [0.15, 0.2) is 12.6 Å². The third-order valence-electron chi connectivity index (χ3n) is 7.21. The molecule has 1 aromatic rings. The highest BCUT2D eigenvalue weighted by molar-refractivity contribution is 6.30. The van der Waals surface area contributed by atoms with Crippen LogP contribution >= 0.6 is 11.6 Å². The van der Waals surface area contributed by atoms with Gasteiger partial charge < -0.3 is 77.3 Å². The van der Waals surface area contributed by atoms with Gasteiger partial charge >= 0.3 is 0 Å². The fraction of sp³-hybridized carbons (Fsp3) is 0.760. The summed E-state index contributed by atoms with van der Waals surface area (Å²) in [6.45, 7) is 0.385. The van der Waals surface area contributed by atoms with Crippen LogP contribution in [0, 0.1) is 0 Å². The Labute approximate surface area is 242 Å². The second-order valence-electron chi connectivity index (χ2n) is 10.4. The average molecular weight is 611 g/mol. The molecule has 236 valence electrons. The topological polar surface area (TPSA) is 272 Å². The maximum atomic E-state index is 11.2. The maximum Gasteiger partial charge on any atom is 0.186 e. The summed E-state index contributed by atoms with van der Waals surface area (Å²) in [5, 5.41) is 62.7. The van der Waals surface area contributed by atoms with E-state index in [9.17, 15) is 30.6 Å². The van der Waals surface area contributed by atoms with Crippen molar-refractivity contribution in [3.05, 3.63) is 29.3 Å². The third kappa shape index (κ3) is 8.66. The fourth-order valence-corrected chi connectivity index (χ4v) is 4.84. The number of benzene rings is 1. The highest BCUT2D eigenvalue weighted by Crippen LogP contribution is 2.30. The zero-order valence-electron chi connectivity index (χ0n) is 22.6. The molecule has 2 aliphatic rings. The van der Waals surface area contributed by atoms with Gasteiger partial charge in [-0.2, -0.15) is 0 Å². The molecule has 1 aliphatic heterocycles. The SMILES string of the molecule is C[C@H](O)C(CN)OC(OC1C(N)C[C@H](N)C(OC2OC(COc3ccc(Cl)cc3)C(O)C(N)C2O)C1O)[C@@H](O)CO. The van der Waals surface area contributed by atoms with Crippen molar-refractivity contribution in [3.63, 3.8) is 0 Å². The minimum atomic E-state index is -1.57. The van der Waals surface area contributed by atoms with Gasteiger partial charge in [-0.25, -0.2) is 0 Å². The summed E-state index contributed by atoms with van der Waals surface area (Å²) in [5.41, 5.74) is 24.1. The van der Waals surface area contributed by atoms with E-state index in [1.54, 1.807) is 24.3 Å². The molecule has 1 aromatic carbocycles. The molecule has 16 heteroatoms. The van der Waals surface area contributed by atoms with E-state index < -0.39 is 92.2 Å². The maximum absolute atomic E-state index is 11.2. The van der Waals surface area contributed by atoms with E-state index in [1.807, 2.05) is 0 Å². The van der Waals surface area contributed by atoms with E-state index in [4.69, 9.17) is 58.2 Å². The minimum Gasteiger partial charge on any atom is -0.491 e. The number of halogens is 1. The molecular weight excluding hydrogens is 568 g/mol. The van der Waals surface area contributed by atoms with Crippen molar-refractivity contribution in [2.75, 3.05) is 19.8 Å². The molecule has 14 N–H and O–H groups in total. The monoisotopic (exact) mass is 610 g/mol. The standard InChI is InChI=1S/C25H43ClN4O11/c1-10(32)16(7-27)38-24(15(33)8-31)40-22-13(28)6-14(29)23(21(22)36)41-25-20(35)18(30)19(34)17(39-25)9-37-12-4-2-11(26)3-5-12/h2-5,10,13-25,31-36H,6-9,27-30H2,1H3/t10-,13?,14-,15-,16?,17?,18?,19?,20?,21?,22?,23?,24?,25?/m0/s1. The molecule has 14 atom stereocenters. The Morgan fingerprint density at radius 3 is 2.22 bits per heavy atom. The van der Waals surface area contributed by atoms with E-state index in [1.165, 1.54) is 6.92 Å². The van der Waals surface area contributed by atoms with Gasteiger partial charge in [-0.05, 0) is 37.6 Å². The van der Waals surface area contributed by atoms with Crippen molar-refractivity contribution in [1.82, 2.24) is 0 Å². The Morgan fingerprint density at radius 1 is 1.00 bits per heavy atom. The lowest BCUT2D eigenvalue weighted by Gasteiger charge is -2.47. The zero-order valence-corrected chi connectivity index (χ0v) is 23.4. The first-order chi connectivity index (χ1) is 19.4. The summed E-state index contributed by atoms with van der Waals surface area (Å²) in [4.78, 5) is 0. The summed E-state index contributed by atoms with van der Waals surface area (Å²) >= 11 is 5.89. The predicted octanol–water partition coefficient (Wildman–Crippen LogP) is -3.91. The van der Waals surface area contributed by atoms with Crippen LogP contribution in [0.15, 0.2) is 24.3 Å². The van der Waals surface area contributed by atoms with Gasteiger partial charge in [0, 0.05) is 23.7 Å². The van der Waals surface area contributed by atoms with Gasteiger partial charge in [0.2, 0.25) is 0 Å². The molecule has 2 fully saturated rings. The molecule has 1 aliphatic carbocycles. The largest absolute Gasteiger partial charge is 0.491 e. The molecule has 41 heavy (non-hydrogen) atoms. The summed E-state index contributed by atoms with van der Waals surface area (Å²) in [5.74, 6) is 0.454. The highest BCUT2D eigenvalue weighted by Gasteiger charge is 2.50. The van der Waals surface area contributed by atoms with Crippen LogP contribution in [0.1, 0.15) is 13.3 Å². The van der Waals surface area contributed by atoms with Crippen molar-refractivity contribution >= 4 is 11.6 Å². The van der Waals surface area contributed by atoms with Crippen molar-refractivity contribution in [2.24, 2.45) is 22.9 Å². The van der Waals surface area contributed by atoms with Gasteiger partial charge in [0.1, 0.15) is 55.1 Å². The van der Waals surface area contributed by atoms with Crippen LogP contribution in [0.2, 0.25) is 5.02 Å². The highest BCUT2D eigenvalue weighted by atomic mass is 35.5. The lowest BCUT2D eigenvalue weighted by molar-refractivity contribution is -0.315. The first-order valence-corrected chi connectivity index (χ1v) is 13.7. The molecular formula is C25H43ClN4O11. The smallest absolute Gasteiger partial charge is 0.186 e. The second-order valence-corrected chi connectivity index (χ2v) is 10.8. The number of hydrogen-bond donors (Lipinski definition) is 10. The number of ether oxygens (including phenoxy) is 5. The first-order valence-electron chi connectivity index (χ1n) is 13.4. The molecule has 0 bridgehead atoms. The van der Waals surface area contributed by atoms with Gasteiger partial charge in [-0.1, -0.05) is 11.6 Å². The van der Waals surface area contributed by atoms with Crippen molar-refractivity contribution in [2.45, 2.75) is 99.0 Å². The van der Waals surface area contributed by atoms with E-state index in [0.717, 1.165) is 0 Å². The molecule has 0 radical (unpaired) electrons. The molecule has 1 saturated carbocycles. The van der Waals surface area contributed by atoms with Gasteiger partial charge in [-0.15, -0.1) is 0 Å². The number of nitrogens with two attached hydrogens (primary N) is 4.